The number of hydrogen-bond acceptors (Lipinski definition) is 3. The molecule has 128 valence electrons. The number of nitrogens with zero attached hydrogens (tertiary/aromatic N) is 2. The number of fused-ring (bicyclic) bond motifs is 2. The Morgan fingerprint density at radius 3 is 3.00 bits per heavy atom. The maximum absolute atomic E-state index is 12.8. The molecular weight excluding hydrogens is 316 g/mol. The molecule has 2 aromatic heterocycles. The highest BCUT2D eigenvalue weighted by Crippen LogP contribution is 2.33. The monoisotopic (exact) mass is 336 g/mol. The van der Waals surface area contributed by atoms with Crippen LogP contribution in [0.15, 0.2) is 41.3 Å². The number of benzene rings is 1. The highest BCUT2D eigenvalue weighted by Gasteiger charge is 2.26. The van der Waals surface area contributed by atoms with Crippen LogP contribution in [0.2, 0.25) is 0 Å². The third kappa shape index (κ3) is 2.63. The first kappa shape index (κ1) is 15.6. The number of hydrogen-bond donors (Lipinski definition) is 2. The summed E-state index contributed by atoms with van der Waals surface area (Å²) in [4.78, 5) is 24.4. The van der Waals surface area contributed by atoms with E-state index in [0.29, 0.717) is 17.1 Å². The van der Waals surface area contributed by atoms with E-state index in [-0.39, 0.29) is 17.6 Å². The van der Waals surface area contributed by atoms with Gasteiger partial charge in [-0.25, -0.2) is 14.3 Å². The number of pyridine rings is 1. The van der Waals surface area contributed by atoms with Gasteiger partial charge < -0.3 is 5.32 Å². The minimum Gasteiger partial charge on any atom is -0.345 e. The first-order valence-electron chi connectivity index (χ1n) is 8.54. The van der Waals surface area contributed by atoms with Crippen molar-refractivity contribution in [1.82, 2.24) is 19.9 Å². The molecule has 0 radical (unpaired) electrons. The molecular formula is C19H20N4O2. The summed E-state index contributed by atoms with van der Waals surface area (Å²) in [5.41, 5.74) is 4.17. The smallest absolute Gasteiger partial charge is 0.345 e. The van der Waals surface area contributed by atoms with Gasteiger partial charge in [0.2, 0.25) is 0 Å². The number of H-pyrrole nitrogens is 1. The lowest BCUT2D eigenvalue weighted by Crippen LogP contribution is -2.28. The van der Waals surface area contributed by atoms with E-state index in [1.807, 2.05) is 0 Å². The highest BCUT2D eigenvalue weighted by atomic mass is 16.2. The van der Waals surface area contributed by atoms with Crippen LogP contribution >= 0.6 is 0 Å². The van der Waals surface area contributed by atoms with Crippen LogP contribution < -0.4 is 11.0 Å². The molecule has 3 aromatic rings. The third-order valence-electron chi connectivity index (χ3n) is 4.91. The standard InChI is InChI=1S/C19H20N4O2/c1-11(2)13-6-5-12-7-8-16(15(12)10-13)20-18(24)14-4-3-9-23-17(14)21-22-19(23)25/h3-6,9-11,16H,7-8H2,1-2H3,(H,20,24)(H,22,25). The maximum Gasteiger partial charge on any atom is 0.347 e. The van der Waals surface area contributed by atoms with Gasteiger partial charge in [-0.2, -0.15) is 5.10 Å². The molecule has 25 heavy (non-hydrogen) atoms. The fourth-order valence-electron chi connectivity index (χ4n) is 3.48. The number of rotatable bonds is 3. The Bertz CT molecular complexity index is 1020. The summed E-state index contributed by atoms with van der Waals surface area (Å²) >= 11 is 0. The van der Waals surface area contributed by atoms with Crippen molar-refractivity contribution in [1.29, 1.82) is 0 Å². The number of amides is 1. The van der Waals surface area contributed by atoms with E-state index in [1.165, 1.54) is 21.1 Å². The second kappa shape index (κ2) is 5.88. The van der Waals surface area contributed by atoms with Crippen LogP contribution in [-0.4, -0.2) is 20.5 Å². The van der Waals surface area contributed by atoms with Gasteiger partial charge in [0, 0.05) is 6.20 Å². The van der Waals surface area contributed by atoms with E-state index < -0.39 is 0 Å². The Morgan fingerprint density at radius 2 is 2.20 bits per heavy atom. The predicted octanol–water partition coefficient (Wildman–Crippen LogP) is 2.56. The van der Waals surface area contributed by atoms with Crippen molar-refractivity contribution in [3.05, 3.63) is 69.3 Å². The fourth-order valence-corrected chi connectivity index (χ4v) is 3.48. The normalized spacial score (nSPS) is 16.4. The molecule has 2 N–H and O–H groups in total. The molecule has 1 aromatic carbocycles. The molecule has 1 amide bonds. The first-order valence-corrected chi connectivity index (χ1v) is 8.54. The summed E-state index contributed by atoms with van der Waals surface area (Å²) in [5.74, 6) is 0.240. The molecule has 1 unspecified atom stereocenters. The molecule has 0 saturated heterocycles. The van der Waals surface area contributed by atoms with Crippen LogP contribution in [0.25, 0.3) is 5.65 Å². The Balaban J connectivity index is 1.65. The lowest BCUT2D eigenvalue weighted by molar-refractivity contribution is 0.0938. The lowest BCUT2D eigenvalue weighted by Gasteiger charge is -2.16. The van der Waals surface area contributed by atoms with Crippen molar-refractivity contribution < 1.29 is 4.79 Å². The Hall–Kier alpha value is -2.89. The Kier molecular flexibility index (Phi) is 3.67. The first-order chi connectivity index (χ1) is 12.0. The number of carbonyl (C=O) groups is 1. The Morgan fingerprint density at radius 1 is 1.36 bits per heavy atom. The van der Waals surface area contributed by atoms with Gasteiger partial charge in [-0.05, 0) is 47.6 Å². The number of nitrogens with one attached hydrogen (secondary N) is 2. The largest absolute Gasteiger partial charge is 0.347 e. The van der Waals surface area contributed by atoms with Crippen LogP contribution in [0.3, 0.4) is 0 Å². The summed E-state index contributed by atoms with van der Waals surface area (Å²) in [6.07, 6.45) is 3.45. The van der Waals surface area contributed by atoms with E-state index in [4.69, 9.17) is 0 Å². The summed E-state index contributed by atoms with van der Waals surface area (Å²) in [5, 5.41) is 9.45. The maximum atomic E-state index is 12.8. The summed E-state index contributed by atoms with van der Waals surface area (Å²) < 4.78 is 1.34. The van der Waals surface area contributed by atoms with Crippen LogP contribution in [0.1, 0.15) is 59.3 Å². The Labute approximate surface area is 144 Å². The molecule has 0 fully saturated rings. The molecule has 1 aliphatic carbocycles. The lowest BCUT2D eigenvalue weighted by atomic mass is 9.97. The van der Waals surface area contributed by atoms with Gasteiger partial charge in [-0.3, -0.25) is 4.79 Å². The van der Waals surface area contributed by atoms with Crippen LogP contribution in [0, 0.1) is 0 Å². The van der Waals surface area contributed by atoms with Gasteiger partial charge >= 0.3 is 5.69 Å². The zero-order valence-corrected chi connectivity index (χ0v) is 14.2. The van der Waals surface area contributed by atoms with E-state index >= 15 is 0 Å². The molecule has 4 rings (SSSR count). The second-order valence-electron chi connectivity index (χ2n) is 6.82. The van der Waals surface area contributed by atoms with E-state index in [1.54, 1.807) is 18.3 Å². The molecule has 2 heterocycles. The van der Waals surface area contributed by atoms with Crippen molar-refractivity contribution in [2.75, 3.05) is 0 Å². The van der Waals surface area contributed by atoms with E-state index in [0.717, 1.165) is 12.8 Å². The molecule has 6 heteroatoms. The number of aromatic nitrogens is 3. The van der Waals surface area contributed by atoms with Crippen molar-refractivity contribution in [3.63, 3.8) is 0 Å². The molecule has 1 aliphatic rings. The molecule has 0 saturated carbocycles. The molecule has 0 aliphatic heterocycles. The quantitative estimate of drug-likeness (QED) is 0.771. The molecule has 1 atom stereocenters. The van der Waals surface area contributed by atoms with E-state index in [2.05, 4.69) is 47.6 Å². The zero-order chi connectivity index (χ0) is 17.6. The van der Waals surface area contributed by atoms with Gasteiger partial charge in [0.05, 0.1) is 11.6 Å². The van der Waals surface area contributed by atoms with Gasteiger partial charge in [-0.1, -0.05) is 32.0 Å². The predicted molar refractivity (Wildman–Crippen MR) is 94.9 cm³/mol. The summed E-state index contributed by atoms with van der Waals surface area (Å²) in [7, 11) is 0. The zero-order valence-electron chi connectivity index (χ0n) is 14.2. The van der Waals surface area contributed by atoms with Gasteiger partial charge in [-0.15, -0.1) is 0 Å². The third-order valence-corrected chi connectivity index (χ3v) is 4.91. The van der Waals surface area contributed by atoms with Gasteiger partial charge in [0.25, 0.3) is 5.91 Å². The molecule has 0 bridgehead atoms. The highest BCUT2D eigenvalue weighted by molar-refractivity contribution is 5.99. The average Bonchev–Trinajstić information content (AvgIpc) is 3.18. The van der Waals surface area contributed by atoms with Gasteiger partial charge in [0.15, 0.2) is 5.65 Å². The van der Waals surface area contributed by atoms with E-state index in [9.17, 15) is 9.59 Å². The van der Waals surface area contributed by atoms with Crippen LogP contribution in [-0.2, 0) is 6.42 Å². The number of aryl methyl sites for hydroxylation is 1. The van der Waals surface area contributed by atoms with Gasteiger partial charge in [0.1, 0.15) is 0 Å². The number of carbonyl (C=O) groups excluding carboxylic acids is 1. The SMILES string of the molecule is CC(C)c1ccc2c(c1)C(NC(=O)c1cccn3c(=O)[nH]nc13)CC2. The van der Waals surface area contributed by atoms with Crippen molar-refractivity contribution in [3.8, 4) is 0 Å². The molecule has 6 nitrogen and oxygen atoms in total. The fraction of sp³-hybridized carbons (Fsp3) is 0.316. The van der Waals surface area contributed by atoms with Crippen LogP contribution in [0.5, 0.6) is 0 Å². The number of aromatic amines is 1. The minimum atomic E-state index is -0.350. The van der Waals surface area contributed by atoms with Crippen LogP contribution in [0.4, 0.5) is 0 Å². The minimum absolute atomic E-state index is 0.00730. The average molecular weight is 336 g/mol. The summed E-state index contributed by atoms with van der Waals surface area (Å²) in [6.45, 7) is 4.33. The van der Waals surface area contributed by atoms with Crippen molar-refractivity contribution >= 4 is 11.6 Å². The molecule has 0 spiro atoms. The van der Waals surface area contributed by atoms with Crippen molar-refractivity contribution in [2.45, 2.75) is 38.6 Å². The second-order valence-corrected chi connectivity index (χ2v) is 6.82. The van der Waals surface area contributed by atoms with Crippen molar-refractivity contribution in [2.24, 2.45) is 0 Å². The topological polar surface area (TPSA) is 79.3 Å². The summed E-state index contributed by atoms with van der Waals surface area (Å²) in [6, 6.07) is 9.91.